The molecule has 0 aliphatic carbocycles. The molecule has 190 valence electrons. The third kappa shape index (κ3) is 6.36. The molecule has 1 N–H and O–H groups in total. The van der Waals surface area contributed by atoms with Gasteiger partial charge in [-0.1, -0.05) is 55.2 Å². The van der Waals surface area contributed by atoms with E-state index in [1.807, 2.05) is 38.1 Å². The number of anilines is 2. The number of nitrogens with zero attached hydrogens (tertiary/aromatic N) is 1. The molecule has 0 radical (unpaired) electrons. The van der Waals surface area contributed by atoms with Crippen molar-refractivity contribution in [1.29, 1.82) is 0 Å². The van der Waals surface area contributed by atoms with Gasteiger partial charge in [-0.05, 0) is 73.0 Å². The molecule has 0 aromatic heterocycles. The number of hydrogen-bond donors (Lipinski definition) is 1. The van der Waals surface area contributed by atoms with Crippen molar-refractivity contribution in [3.05, 3.63) is 88.6 Å². The summed E-state index contributed by atoms with van der Waals surface area (Å²) in [7, 11) is 0. The van der Waals surface area contributed by atoms with Crippen LogP contribution < -0.4 is 19.7 Å². The van der Waals surface area contributed by atoms with Gasteiger partial charge >= 0.3 is 0 Å². The van der Waals surface area contributed by atoms with Crippen LogP contribution in [0.15, 0.2) is 71.6 Å². The Morgan fingerprint density at radius 2 is 1.81 bits per heavy atom. The van der Waals surface area contributed by atoms with E-state index >= 15 is 0 Å². The predicted molar refractivity (Wildman–Crippen MR) is 150 cm³/mol. The van der Waals surface area contributed by atoms with Crippen molar-refractivity contribution in [2.75, 3.05) is 23.4 Å². The lowest BCUT2D eigenvalue weighted by molar-refractivity contribution is -0.118. The van der Waals surface area contributed by atoms with E-state index in [-0.39, 0.29) is 18.4 Å². The van der Waals surface area contributed by atoms with Crippen molar-refractivity contribution < 1.29 is 23.5 Å². The van der Waals surface area contributed by atoms with Crippen molar-refractivity contribution in [3.8, 4) is 11.5 Å². The van der Waals surface area contributed by atoms with Gasteiger partial charge in [-0.15, -0.1) is 0 Å². The van der Waals surface area contributed by atoms with E-state index in [2.05, 4.69) is 5.32 Å². The topological polar surface area (TPSA) is 67.9 Å². The number of carbonyl (C=O) groups excluding carboxylic acids is 2. The summed E-state index contributed by atoms with van der Waals surface area (Å²) in [6, 6.07) is 18.4. The number of hydrogen-bond acceptors (Lipinski definition) is 6. The van der Waals surface area contributed by atoms with Gasteiger partial charge in [0.15, 0.2) is 22.4 Å². The van der Waals surface area contributed by atoms with Gasteiger partial charge in [0.2, 0.25) is 0 Å². The first-order chi connectivity index (χ1) is 17.9. The van der Waals surface area contributed by atoms with E-state index in [0.717, 1.165) is 17.7 Å². The molecule has 1 saturated heterocycles. The van der Waals surface area contributed by atoms with Crippen LogP contribution in [0.4, 0.5) is 15.8 Å². The number of para-hydroxylation sites is 1. The Bertz CT molecular complexity index is 1360. The second-order valence-electron chi connectivity index (χ2n) is 7.98. The standard InChI is InChI=1S/C28H25FN2O4S2/c1-3-19-7-5-6-8-22(19)30-26(32)17-35-23-14-9-18(15-24(23)34-4-2)16-25-27(33)31(28(36)37-25)21-12-10-20(29)11-13-21/h5-16H,3-4,17H2,1-2H3,(H,30,32)/b25-16-. The second kappa shape index (κ2) is 12.0. The Kier molecular flexibility index (Phi) is 8.58. The molecule has 0 bridgehead atoms. The quantitative estimate of drug-likeness (QED) is 0.259. The van der Waals surface area contributed by atoms with Crippen molar-refractivity contribution >= 4 is 57.6 Å². The molecule has 6 nitrogen and oxygen atoms in total. The average Bonchev–Trinajstić information content (AvgIpc) is 3.17. The van der Waals surface area contributed by atoms with E-state index in [1.165, 1.54) is 40.9 Å². The van der Waals surface area contributed by atoms with Crippen LogP contribution in [0.2, 0.25) is 0 Å². The predicted octanol–water partition coefficient (Wildman–Crippen LogP) is 6.21. The number of thioether (sulfide) groups is 1. The Balaban J connectivity index is 1.47. The third-order valence-electron chi connectivity index (χ3n) is 5.48. The summed E-state index contributed by atoms with van der Waals surface area (Å²) >= 11 is 6.55. The SMILES string of the molecule is CCOc1cc(/C=C2\SC(=S)N(c3ccc(F)cc3)C2=O)ccc1OCC(=O)Nc1ccccc1CC. The zero-order chi connectivity index (χ0) is 26.4. The van der Waals surface area contributed by atoms with Crippen LogP contribution >= 0.6 is 24.0 Å². The van der Waals surface area contributed by atoms with E-state index < -0.39 is 5.82 Å². The van der Waals surface area contributed by atoms with Gasteiger partial charge in [0.1, 0.15) is 5.82 Å². The van der Waals surface area contributed by atoms with Crippen LogP contribution in [0.3, 0.4) is 0 Å². The number of ether oxygens (including phenoxy) is 2. The fourth-order valence-corrected chi connectivity index (χ4v) is 5.01. The van der Waals surface area contributed by atoms with Crippen LogP contribution in [0.5, 0.6) is 11.5 Å². The van der Waals surface area contributed by atoms with Gasteiger partial charge in [0.25, 0.3) is 11.8 Å². The lowest BCUT2D eigenvalue weighted by Gasteiger charge is -2.14. The number of benzene rings is 3. The summed E-state index contributed by atoms with van der Waals surface area (Å²) in [5.41, 5.74) is 3.01. The molecule has 9 heteroatoms. The molecule has 1 heterocycles. The number of rotatable bonds is 9. The molecular weight excluding hydrogens is 511 g/mol. The highest BCUT2D eigenvalue weighted by atomic mass is 32.2. The molecule has 2 amide bonds. The van der Waals surface area contributed by atoms with Crippen LogP contribution in [0.25, 0.3) is 6.08 Å². The molecule has 4 rings (SSSR count). The second-order valence-corrected chi connectivity index (χ2v) is 9.66. The zero-order valence-electron chi connectivity index (χ0n) is 20.3. The monoisotopic (exact) mass is 536 g/mol. The third-order valence-corrected chi connectivity index (χ3v) is 6.78. The van der Waals surface area contributed by atoms with E-state index in [9.17, 15) is 14.0 Å². The first kappa shape index (κ1) is 26.4. The molecule has 0 saturated carbocycles. The number of halogens is 1. The molecule has 3 aromatic carbocycles. The van der Waals surface area contributed by atoms with Crippen LogP contribution in [-0.2, 0) is 16.0 Å². The van der Waals surface area contributed by atoms with Crippen LogP contribution in [0, 0.1) is 5.82 Å². The summed E-state index contributed by atoms with van der Waals surface area (Å²) in [6.07, 6.45) is 2.51. The maximum Gasteiger partial charge on any atom is 0.270 e. The molecule has 3 aromatic rings. The van der Waals surface area contributed by atoms with E-state index in [4.69, 9.17) is 21.7 Å². The van der Waals surface area contributed by atoms with Gasteiger partial charge < -0.3 is 14.8 Å². The molecular formula is C28H25FN2O4S2. The fourth-order valence-electron chi connectivity index (χ4n) is 3.71. The summed E-state index contributed by atoms with van der Waals surface area (Å²) < 4.78 is 25.1. The van der Waals surface area contributed by atoms with Crippen molar-refractivity contribution in [1.82, 2.24) is 0 Å². The summed E-state index contributed by atoms with van der Waals surface area (Å²) in [6.45, 7) is 4.08. The van der Waals surface area contributed by atoms with Crippen molar-refractivity contribution in [2.24, 2.45) is 0 Å². The first-order valence-electron chi connectivity index (χ1n) is 11.7. The minimum atomic E-state index is -0.390. The number of carbonyl (C=O) groups is 2. The molecule has 37 heavy (non-hydrogen) atoms. The Morgan fingerprint density at radius 1 is 1.05 bits per heavy atom. The zero-order valence-corrected chi connectivity index (χ0v) is 22.0. The first-order valence-corrected chi connectivity index (χ1v) is 12.9. The summed E-state index contributed by atoms with van der Waals surface area (Å²) in [5, 5.41) is 2.88. The van der Waals surface area contributed by atoms with Gasteiger partial charge in [-0.3, -0.25) is 14.5 Å². The summed E-state index contributed by atoms with van der Waals surface area (Å²) in [5.74, 6) is -0.0941. The molecule has 1 aliphatic heterocycles. The van der Waals surface area contributed by atoms with Crippen LogP contribution in [0.1, 0.15) is 25.0 Å². The minimum absolute atomic E-state index is 0.187. The molecule has 0 atom stereocenters. The summed E-state index contributed by atoms with van der Waals surface area (Å²) in [4.78, 5) is 27.3. The van der Waals surface area contributed by atoms with Gasteiger partial charge in [-0.2, -0.15) is 0 Å². The minimum Gasteiger partial charge on any atom is -0.490 e. The average molecular weight is 537 g/mol. The molecule has 0 spiro atoms. The maximum atomic E-state index is 13.3. The molecule has 1 fully saturated rings. The van der Waals surface area contributed by atoms with E-state index in [0.29, 0.717) is 38.6 Å². The fraction of sp³-hybridized carbons (Fsp3) is 0.179. The highest BCUT2D eigenvalue weighted by Crippen LogP contribution is 2.37. The Labute approximate surface area is 224 Å². The largest absolute Gasteiger partial charge is 0.490 e. The highest BCUT2D eigenvalue weighted by molar-refractivity contribution is 8.27. The number of thiocarbonyl (C=S) groups is 1. The lowest BCUT2D eigenvalue weighted by Crippen LogP contribution is -2.27. The number of nitrogens with one attached hydrogen (secondary N) is 1. The number of aryl methyl sites for hydroxylation is 1. The van der Waals surface area contributed by atoms with Gasteiger partial charge in [-0.25, -0.2) is 4.39 Å². The van der Waals surface area contributed by atoms with Gasteiger partial charge in [0.05, 0.1) is 17.2 Å². The van der Waals surface area contributed by atoms with E-state index in [1.54, 1.807) is 24.3 Å². The van der Waals surface area contributed by atoms with Crippen LogP contribution in [-0.4, -0.2) is 29.3 Å². The normalized spacial score (nSPS) is 14.2. The van der Waals surface area contributed by atoms with Crippen molar-refractivity contribution in [2.45, 2.75) is 20.3 Å². The molecule has 0 unspecified atom stereocenters. The smallest absolute Gasteiger partial charge is 0.270 e. The number of amides is 2. The van der Waals surface area contributed by atoms with Crippen molar-refractivity contribution in [3.63, 3.8) is 0 Å². The Hall–Kier alpha value is -3.69. The Morgan fingerprint density at radius 3 is 2.54 bits per heavy atom. The maximum absolute atomic E-state index is 13.3. The lowest BCUT2D eigenvalue weighted by atomic mass is 10.1. The van der Waals surface area contributed by atoms with Gasteiger partial charge in [0, 0.05) is 5.69 Å². The molecule has 1 aliphatic rings. The highest BCUT2D eigenvalue weighted by Gasteiger charge is 2.33.